The number of nitrogens with zero attached hydrogens (tertiary/aromatic N) is 4. The summed E-state index contributed by atoms with van der Waals surface area (Å²) < 4.78 is 0. The third-order valence-electron chi connectivity index (χ3n) is 4.00. The van der Waals surface area contributed by atoms with Gasteiger partial charge in [0.05, 0.1) is 6.20 Å². The maximum atomic E-state index is 11.2. The SMILES string of the molecule is CC(=O)Cc1ccc(Sc2nncc(Nc3cc(C4CC4)[nH]n3)n2)cc1. The van der Waals surface area contributed by atoms with E-state index in [0.717, 1.165) is 22.0 Å². The molecule has 0 bridgehead atoms. The predicted molar refractivity (Wildman–Crippen MR) is 98.6 cm³/mol. The van der Waals surface area contributed by atoms with Gasteiger partial charge >= 0.3 is 0 Å². The summed E-state index contributed by atoms with van der Waals surface area (Å²) in [5.74, 6) is 2.11. The van der Waals surface area contributed by atoms with Crippen LogP contribution in [0.1, 0.15) is 36.9 Å². The zero-order valence-electron chi connectivity index (χ0n) is 14.3. The van der Waals surface area contributed by atoms with Crippen molar-refractivity contribution in [3.05, 3.63) is 47.8 Å². The monoisotopic (exact) mass is 366 g/mol. The van der Waals surface area contributed by atoms with Crippen LogP contribution in [0, 0.1) is 0 Å². The van der Waals surface area contributed by atoms with E-state index in [1.165, 1.54) is 24.6 Å². The van der Waals surface area contributed by atoms with Crippen LogP contribution in [0.5, 0.6) is 0 Å². The van der Waals surface area contributed by atoms with Gasteiger partial charge in [-0.05, 0) is 49.2 Å². The summed E-state index contributed by atoms with van der Waals surface area (Å²) in [7, 11) is 0. The van der Waals surface area contributed by atoms with Crippen molar-refractivity contribution in [2.75, 3.05) is 5.32 Å². The second-order valence-corrected chi connectivity index (χ2v) is 7.40. The molecule has 0 unspecified atom stereocenters. The first kappa shape index (κ1) is 16.7. The van der Waals surface area contributed by atoms with Gasteiger partial charge < -0.3 is 5.32 Å². The number of carbonyl (C=O) groups excluding carboxylic acids is 1. The lowest BCUT2D eigenvalue weighted by molar-refractivity contribution is -0.116. The van der Waals surface area contributed by atoms with E-state index in [1.54, 1.807) is 13.1 Å². The van der Waals surface area contributed by atoms with Crippen molar-refractivity contribution in [2.24, 2.45) is 0 Å². The van der Waals surface area contributed by atoms with Crippen LogP contribution in [-0.4, -0.2) is 31.2 Å². The van der Waals surface area contributed by atoms with E-state index < -0.39 is 0 Å². The van der Waals surface area contributed by atoms with Gasteiger partial charge in [-0.3, -0.25) is 9.89 Å². The molecule has 2 heterocycles. The van der Waals surface area contributed by atoms with Crippen molar-refractivity contribution in [3.63, 3.8) is 0 Å². The Kier molecular flexibility index (Phi) is 4.66. The van der Waals surface area contributed by atoms with E-state index in [9.17, 15) is 4.79 Å². The highest BCUT2D eigenvalue weighted by Gasteiger charge is 2.25. The van der Waals surface area contributed by atoms with Crippen molar-refractivity contribution < 1.29 is 4.79 Å². The molecule has 1 saturated carbocycles. The largest absolute Gasteiger partial charge is 0.322 e. The Bertz CT molecular complexity index is 919. The highest BCUT2D eigenvalue weighted by atomic mass is 32.2. The number of H-pyrrole nitrogens is 1. The van der Waals surface area contributed by atoms with Crippen LogP contribution in [0.15, 0.2) is 46.6 Å². The number of aromatic nitrogens is 5. The van der Waals surface area contributed by atoms with Gasteiger partial charge in [-0.15, -0.1) is 5.10 Å². The molecule has 0 atom stereocenters. The summed E-state index contributed by atoms with van der Waals surface area (Å²) in [5.41, 5.74) is 2.16. The summed E-state index contributed by atoms with van der Waals surface area (Å²) in [5, 5.41) is 19.1. The number of Topliss-reactive ketones (excluding diaryl/α,β-unsaturated/α-hetero) is 1. The Morgan fingerprint density at radius 2 is 2.08 bits per heavy atom. The van der Waals surface area contributed by atoms with E-state index in [-0.39, 0.29) is 5.78 Å². The molecule has 0 saturated heterocycles. The van der Waals surface area contributed by atoms with Gasteiger partial charge in [-0.25, -0.2) is 4.98 Å². The van der Waals surface area contributed by atoms with Gasteiger partial charge in [0.25, 0.3) is 0 Å². The standard InChI is InChI=1S/C18H18N6OS/c1-11(25)8-12-2-6-14(7-3-12)26-18-21-17(10-19-24-18)20-16-9-15(22-23-16)13-4-5-13/h2-3,6-7,9-10,13H,4-5,8H2,1H3,(H2,20,21,22,23,24). The second kappa shape index (κ2) is 7.25. The molecule has 0 radical (unpaired) electrons. The van der Waals surface area contributed by atoms with Crippen molar-refractivity contribution in [3.8, 4) is 0 Å². The molecule has 0 aliphatic heterocycles. The first-order valence-corrected chi connectivity index (χ1v) is 9.25. The molecule has 1 aliphatic rings. The average Bonchev–Trinajstić information content (AvgIpc) is 3.37. The maximum Gasteiger partial charge on any atom is 0.215 e. The minimum absolute atomic E-state index is 0.153. The first-order chi connectivity index (χ1) is 12.7. The highest BCUT2D eigenvalue weighted by Crippen LogP contribution is 2.39. The third kappa shape index (κ3) is 4.26. The van der Waals surface area contributed by atoms with Crippen LogP contribution < -0.4 is 5.32 Å². The third-order valence-corrected chi connectivity index (χ3v) is 4.86. The number of hydrogen-bond acceptors (Lipinski definition) is 7. The normalized spacial score (nSPS) is 13.6. The number of carbonyl (C=O) groups is 1. The Morgan fingerprint density at radius 3 is 2.81 bits per heavy atom. The molecule has 0 spiro atoms. The molecule has 3 aromatic rings. The topological polar surface area (TPSA) is 96.5 Å². The molecular formula is C18H18N6OS. The smallest absolute Gasteiger partial charge is 0.215 e. The van der Waals surface area contributed by atoms with Crippen LogP contribution in [-0.2, 0) is 11.2 Å². The molecule has 1 aliphatic carbocycles. The molecule has 0 amide bonds. The predicted octanol–water partition coefficient (Wildman–Crippen LogP) is 3.50. The fourth-order valence-electron chi connectivity index (χ4n) is 2.59. The molecule has 1 fully saturated rings. The summed E-state index contributed by atoms with van der Waals surface area (Å²) in [6, 6.07) is 9.83. The molecule has 4 rings (SSSR count). The molecule has 132 valence electrons. The van der Waals surface area contributed by atoms with Crippen molar-refractivity contribution in [2.45, 2.75) is 42.2 Å². The molecule has 1 aromatic carbocycles. The second-order valence-electron chi connectivity index (χ2n) is 6.36. The molecule has 26 heavy (non-hydrogen) atoms. The fourth-order valence-corrected chi connectivity index (χ4v) is 3.31. The number of rotatable bonds is 7. The van der Waals surface area contributed by atoms with Crippen LogP contribution in [0.25, 0.3) is 0 Å². The van der Waals surface area contributed by atoms with E-state index in [0.29, 0.717) is 23.3 Å². The zero-order valence-corrected chi connectivity index (χ0v) is 15.1. The molecular weight excluding hydrogens is 348 g/mol. The Labute approximate surface area is 155 Å². The van der Waals surface area contributed by atoms with Gasteiger partial charge in [0, 0.05) is 29.0 Å². The van der Waals surface area contributed by atoms with E-state index in [4.69, 9.17) is 0 Å². The van der Waals surface area contributed by atoms with Gasteiger partial charge in [-0.1, -0.05) is 12.1 Å². The zero-order chi connectivity index (χ0) is 17.9. The fraction of sp³-hybridized carbons (Fsp3) is 0.278. The average molecular weight is 366 g/mol. The lowest BCUT2D eigenvalue weighted by Crippen LogP contribution is -1.98. The minimum Gasteiger partial charge on any atom is -0.322 e. The molecule has 7 nitrogen and oxygen atoms in total. The van der Waals surface area contributed by atoms with Gasteiger partial charge in [0.15, 0.2) is 11.6 Å². The highest BCUT2D eigenvalue weighted by molar-refractivity contribution is 7.99. The van der Waals surface area contributed by atoms with Crippen LogP contribution in [0.3, 0.4) is 0 Å². The van der Waals surface area contributed by atoms with Crippen LogP contribution >= 0.6 is 11.8 Å². The molecule has 2 aromatic heterocycles. The summed E-state index contributed by atoms with van der Waals surface area (Å²) in [6.07, 6.45) is 4.48. The Balaban J connectivity index is 1.42. The van der Waals surface area contributed by atoms with Crippen LogP contribution in [0.4, 0.5) is 11.6 Å². The lowest BCUT2D eigenvalue weighted by Gasteiger charge is -2.04. The number of hydrogen-bond donors (Lipinski definition) is 2. The number of benzene rings is 1. The van der Waals surface area contributed by atoms with E-state index >= 15 is 0 Å². The maximum absolute atomic E-state index is 11.2. The number of ketones is 1. The molecule has 2 N–H and O–H groups in total. The van der Waals surface area contributed by atoms with Gasteiger partial charge in [-0.2, -0.15) is 10.2 Å². The van der Waals surface area contributed by atoms with Crippen molar-refractivity contribution in [1.29, 1.82) is 0 Å². The quantitative estimate of drug-likeness (QED) is 0.660. The van der Waals surface area contributed by atoms with E-state index in [1.807, 2.05) is 30.3 Å². The number of nitrogens with one attached hydrogen (secondary N) is 2. The first-order valence-electron chi connectivity index (χ1n) is 8.44. The number of aromatic amines is 1. The summed E-state index contributed by atoms with van der Waals surface area (Å²) in [6.45, 7) is 1.59. The Hall–Kier alpha value is -2.74. The van der Waals surface area contributed by atoms with Crippen LogP contribution in [0.2, 0.25) is 0 Å². The number of anilines is 2. The molecule has 8 heteroatoms. The summed E-state index contributed by atoms with van der Waals surface area (Å²) >= 11 is 1.42. The van der Waals surface area contributed by atoms with Crippen molar-refractivity contribution in [1.82, 2.24) is 25.4 Å². The van der Waals surface area contributed by atoms with Gasteiger partial charge in [0.1, 0.15) is 5.78 Å². The van der Waals surface area contributed by atoms with E-state index in [2.05, 4.69) is 30.7 Å². The lowest BCUT2D eigenvalue weighted by atomic mass is 10.1. The van der Waals surface area contributed by atoms with Gasteiger partial charge in [0.2, 0.25) is 5.16 Å². The summed E-state index contributed by atoms with van der Waals surface area (Å²) in [4.78, 5) is 16.6. The van der Waals surface area contributed by atoms with Crippen molar-refractivity contribution >= 4 is 29.2 Å². The minimum atomic E-state index is 0.153. The Morgan fingerprint density at radius 1 is 1.27 bits per heavy atom.